The first-order chi connectivity index (χ1) is 14.7. The van der Waals surface area contributed by atoms with Crippen LogP contribution in [0.5, 0.6) is 0 Å². The van der Waals surface area contributed by atoms with Crippen molar-refractivity contribution >= 4 is 33.3 Å². The lowest BCUT2D eigenvalue weighted by Crippen LogP contribution is -2.47. The zero-order valence-electron chi connectivity index (χ0n) is 16.3. The third-order valence-corrected chi connectivity index (χ3v) is 5.51. The molecule has 3 aromatic heterocycles. The standard InChI is InChI=1S/C21H21N7O2/c29-10-9-28-14-25-18-11-15(1-2-17(18)21(28)30)26-5-7-27(8-6-26)20-16-3-4-22-12-19(16)23-13-24-20/h1-4,11-14,29H,5-10H2. The lowest BCUT2D eigenvalue weighted by Gasteiger charge is -2.37. The summed E-state index contributed by atoms with van der Waals surface area (Å²) in [6.45, 7) is 3.50. The Balaban J connectivity index is 1.37. The number of nitrogens with zero attached hydrogens (tertiary/aromatic N) is 7. The number of aliphatic hydroxyl groups excluding tert-OH is 1. The molecule has 1 aromatic carbocycles. The van der Waals surface area contributed by atoms with E-state index in [0.29, 0.717) is 10.9 Å². The van der Waals surface area contributed by atoms with Gasteiger partial charge in [-0.2, -0.15) is 0 Å². The molecular formula is C21H21N7O2. The van der Waals surface area contributed by atoms with E-state index >= 15 is 0 Å². The molecule has 1 saturated heterocycles. The van der Waals surface area contributed by atoms with Crippen molar-refractivity contribution in [1.82, 2.24) is 24.5 Å². The molecule has 30 heavy (non-hydrogen) atoms. The smallest absolute Gasteiger partial charge is 0.261 e. The first-order valence-corrected chi connectivity index (χ1v) is 9.89. The molecule has 0 aliphatic carbocycles. The third-order valence-electron chi connectivity index (χ3n) is 5.51. The van der Waals surface area contributed by atoms with Crippen molar-refractivity contribution in [3.63, 3.8) is 0 Å². The molecule has 0 spiro atoms. The van der Waals surface area contributed by atoms with Gasteiger partial charge in [-0.1, -0.05) is 0 Å². The monoisotopic (exact) mass is 403 g/mol. The van der Waals surface area contributed by atoms with Crippen LogP contribution in [-0.4, -0.2) is 62.4 Å². The Bertz CT molecular complexity index is 1260. The molecule has 0 bridgehead atoms. The third kappa shape index (κ3) is 3.22. The summed E-state index contributed by atoms with van der Waals surface area (Å²) < 4.78 is 1.43. The first kappa shape index (κ1) is 18.4. The number of pyridine rings is 1. The highest BCUT2D eigenvalue weighted by molar-refractivity contribution is 5.88. The minimum absolute atomic E-state index is 0.0897. The number of anilines is 2. The maximum Gasteiger partial charge on any atom is 0.261 e. The van der Waals surface area contributed by atoms with Crippen LogP contribution in [0.1, 0.15) is 0 Å². The molecule has 9 nitrogen and oxygen atoms in total. The number of rotatable bonds is 4. The number of hydrogen-bond acceptors (Lipinski definition) is 8. The van der Waals surface area contributed by atoms with Gasteiger partial charge < -0.3 is 14.9 Å². The molecule has 152 valence electrons. The molecule has 4 aromatic rings. The van der Waals surface area contributed by atoms with Gasteiger partial charge >= 0.3 is 0 Å². The Labute approximate surface area is 172 Å². The van der Waals surface area contributed by atoms with Crippen LogP contribution < -0.4 is 15.4 Å². The zero-order valence-corrected chi connectivity index (χ0v) is 16.3. The van der Waals surface area contributed by atoms with Gasteiger partial charge in [0.05, 0.1) is 42.1 Å². The lowest BCUT2D eigenvalue weighted by atomic mass is 10.2. The van der Waals surface area contributed by atoms with Crippen LogP contribution in [0, 0.1) is 0 Å². The van der Waals surface area contributed by atoms with Crippen molar-refractivity contribution in [2.24, 2.45) is 0 Å². The summed E-state index contributed by atoms with van der Waals surface area (Å²) in [6.07, 6.45) is 6.61. The molecule has 0 amide bonds. The summed E-state index contributed by atoms with van der Waals surface area (Å²) in [5.74, 6) is 0.937. The van der Waals surface area contributed by atoms with Crippen LogP contribution in [0.15, 0.2) is 54.1 Å². The molecule has 9 heteroatoms. The average molecular weight is 403 g/mol. The predicted molar refractivity (Wildman–Crippen MR) is 115 cm³/mol. The van der Waals surface area contributed by atoms with Gasteiger partial charge in [0, 0.05) is 43.4 Å². The van der Waals surface area contributed by atoms with Crippen LogP contribution >= 0.6 is 0 Å². The molecule has 0 atom stereocenters. The van der Waals surface area contributed by atoms with E-state index in [-0.39, 0.29) is 18.7 Å². The summed E-state index contributed by atoms with van der Waals surface area (Å²) in [7, 11) is 0. The molecule has 1 fully saturated rings. The van der Waals surface area contributed by atoms with Gasteiger partial charge in [0.2, 0.25) is 0 Å². The van der Waals surface area contributed by atoms with Gasteiger partial charge in [-0.3, -0.25) is 14.3 Å². The van der Waals surface area contributed by atoms with E-state index in [1.54, 1.807) is 18.7 Å². The van der Waals surface area contributed by atoms with E-state index in [4.69, 9.17) is 5.11 Å². The van der Waals surface area contributed by atoms with Gasteiger partial charge in [-0.25, -0.2) is 15.0 Å². The summed E-state index contributed by atoms with van der Waals surface area (Å²) in [4.78, 5) is 34.4. The highest BCUT2D eigenvalue weighted by atomic mass is 16.3. The van der Waals surface area contributed by atoms with Crippen LogP contribution in [0.25, 0.3) is 21.8 Å². The summed E-state index contributed by atoms with van der Waals surface area (Å²) >= 11 is 0. The van der Waals surface area contributed by atoms with Crippen molar-refractivity contribution in [2.75, 3.05) is 42.6 Å². The van der Waals surface area contributed by atoms with Gasteiger partial charge in [0.25, 0.3) is 5.56 Å². The van der Waals surface area contributed by atoms with Crippen LogP contribution in [0.2, 0.25) is 0 Å². The molecule has 0 radical (unpaired) electrons. The second-order valence-electron chi connectivity index (χ2n) is 7.23. The molecule has 1 aliphatic rings. The Morgan fingerprint density at radius 3 is 2.60 bits per heavy atom. The second-order valence-corrected chi connectivity index (χ2v) is 7.23. The topological polar surface area (TPSA) is 100 Å². The SMILES string of the molecule is O=c1c2ccc(N3CCN(c4ncnc5cnccc45)CC3)cc2ncn1CCO. The van der Waals surface area contributed by atoms with Crippen LogP contribution in [-0.2, 0) is 6.54 Å². The van der Waals surface area contributed by atoms with Gasteiger partial charge in [-0.05, 0) is 24.3 Å². The Morgan fingerprint density at radius 2 is 1.77 bits per heavy atom. The summed E-state index contributed by atoms with van der Waals surface area (Å²) in [5, 5.41) is 10.7. The first-order valence-electron chi connectivity index (χ1n) is 9.89. The highest BCUT2D eigenvalue weighted by Crippen LogP contribution is 2.25. The minimum Gasteiger partial charge on any atom is -0.395 e. The number of fused-ring (bicyclic) bond motifs is 2. The maximum absolute atomic E-state index is 12.5. The fourth-order valence-electron chi connectivity index (χ4n) is 3.93. The average Bonchev–Trinajstić information content (AvgIpc) is 2.80. The maximum atomic E-state index is 12.5. The quantitative estimate of drug-likeness (QED) is 0.540. The number of aliphatic hydroxyl groups is 1. The molecule has 0 saturated carbocycles. The van der Waals surface area contributed by atoms with Crippen molar-refractivity contribution < 1.29 is 5.11 Å². The zero-order chi connectivity index (χ0) is 20.5. The van der Waals surface area contributed by atoms with E-state index in [1.807, 2.05) is 24.3 Å². The van der Waals surface area contributed by atoms with Gasteiger partial charge in [0.15, 0.2) is 0 Å². The molecule has 1 N–H and O–H groups in total. The van der Waals surface area contributed by atoms with E-state index < -0.39 is 0 Å². The van der Waals surface area contributed by atoms with Crippen molar-refractivity contribution in [3.05, 3.63) is 59.7 Å². The van der Waals surface area contributed by atoms with E-state index in [0.717, 1.165) is 48.6 Å². The number of hydrogen-bond donors (Lipinski definition) is 1. The number of benzene rings is 1. The molecule has 1 aliphatic heterocycles. The fraction of sp³-hybridized carbons (Fsp3) is 0.286. The van der Waals surface area contributed by atoms with E-state index in [9.17, 15) is 4.79 Å². The van der Waals surface area contributed by atoms with Crippen molar-refractivity contribution in [1.29, 1.82) is 0 Å². The number of aromatic nitrogens is 5. The summed E-state index contributed by atoms with van der Waals surface area (Å²) in [6, 6.07) is 7.71. The molecule has 0 unspecified atom stereocenters. The highest BCUT2D eigenvalue weighted by Gasteiger charge is 2.20. The fourth-order valence-corrected chi connectivity index (χ4v) is 3.93. The number of piperazine rings is 1. The van der Waals surface area contributed by atoms with Crippen LogP contribution in [0.3, 0.4) is 0 Å². The normalized spacial score (nSPS) is 14.6. The Morgan fingerprint density at radius 1 is 0.933 bits per heavy atom. The molecule has 5 rings (SSSR count). The lowest BCUT2D eigenvalue weighted by molar-refractivity contribution is 0.274. The largest absolute Gasteiger partial charge is 0.395 e. The van der Waals surface area contributed by atoms with Gasteiger partial charge in [-0.15, -0.1) is 0 Å². The van der Waals surface area contributed by atoms with E-state index in [1.165, 1.54) is 10.9 Å². The van der Waals surface area contributed by atoms with E-state index in [2.05, 4.69) is 29.7 Å². The Hall–Kier alpha value is -3.59. The molecular weight excluding hydrogens is 382 g/mol. The molecule has 4 heterocycles. The predicted octanol–water partition coefficient (Wildman–Crippen LogP) is 1.05. The van der Waals surface area contributed by atoms with Crippen LogP contribution in [0.4, 0.5) is 11.5 Å². The Kier molecular flexibility index (Phi) is 4.72. The minimum atomic E-state index is -0.129. The van der Waals surface area contributed by atoms with Crippen molar-refractivity contribution in [2.45, 2.75) is 6.54 Å². The van der Waals surface area contributed by atoms with Crippen molar-refractivity contribution in [3.8, 4) is 0 Å². The van der Waals surface area contributed by atoms with Gasteiger partial charge in [0.1, 0.15) is 12.1 Å². The second kappa shape index (κ2) is 7.68. The summed E-state index contributed by atoms with van der Waals surface area (Å²) in [5.41, 5.74) is 2.43.